The first kappa shape index (κ1) is 16.3. The van der Waals surface area contributed by atoms with Gasteiger partial charge in [-0.05, 0) is 37.6 Å². The topological polar surface area (TPSA) is 81.1 Å². The molecule has 0 aliphatic carbocycles. The third-order valence-corrected chi connectivity index (χ3v) is 3.93. The number of likely N-dealkylation sites (N-methyl/N-ethyl adjacent to an activating group) is 1. The number of hydrogen-bond donors (Lipinski definition) is 2. The Morgan fingerprint density at radius 1 is 1.27 bits per heavy atom. The van der Waals surface area contributed by atoms with Gasteiger partial charge in [0, 0.05) is 25.3 Å². The molecule has 6 heteroatoms. The van der Waals surface area contributed by atoms with E-state index in [0.29, 0.717) is 13.1 Å². The van der Waals surface area contributed by atoms with E-state index in [9.17, 15) is 9.59 Å². The lowest BCUT2D eigenvalue weighted by Gasteiger charge is -2.32. The van der Waals surface area contributed by atoms with Gasteiger partial charge in [-0.2, -0.15) is 0 Å². The normalized spacial score (nSPS) is 18.5. The van der Waals surface area contributed by atoms with Crippen LogP contribution in [0.15, 0.2) is 24.3 Å². The largest absolute Gasteiger partial charge is 0.481 e. The van der Waals surface area contributed by atoms with Crippen molar-refractivity contribution in [3.05, 3.63) is 29.8 Å². The lowest BCUT2D eigenvalue weighted by molar-refractivity contribution is -0.142. The SMILES string of the molecule is CN(CC(=O)O)Cc1ccc(N2CCCC(C(=O)O)C2)cc1. The van der Waals surface area contributed by atoms with Crippen LogP contribution in [0.2, 0.25) is 0 Å². The van der Waals surface area contributed by atoms with Gasteiger partial charge in [-0.15, -0.1) is 0 Å². The van der Waals surface area contributed by atoms with Crippen LogP contribution < -0.4 is 4.90 Å². The average molecular weight is 306 g/mol. The van der Waals surface area contributed by atoms with Crippen molar-refractivity contribution in [3.63, 3.8) is 0 Å². The second-order valence-corrected chi connectivity index (χ2v) is 5.86. The summed E-state index contributed by atoms with van der Waals surface area (Å²) in [5, 5.41) is 17.9. The van der Waals surface area contributed by atoms with E-state index in [4.69, 9.17) is 10.2 Å². The third kappa shape index (κ3) is 4.46. The molecule has 1 fully saturated rings. The minimum absolute atomic E-state index is 0.00810. The minimum atomic E-state index is -0.841. The van der Waals surface area contributed by atoms with E-state index in [1.54, 1.807) is 11.9 Å². The fourth-order valence-corrected chi connectivity index (χ4v) is 2.82. The molecule has 120 valence electrons. The molecule has 1 aromatic rings. The van der Waals surface area contributed by atoms with Crippen molar-refractivity contribution in [1.82, 2.24) is 4.90 Å². The molecule has 22 heavy (non-hydrogen) atoms. The molecule has 0 spiro atoms. The highest BCUT2D eigenvalue weighted by atomic mass is 16.4. The highest BCUT2D eigenvalue weighted by Gasteiger charge is 2.25. The minimum Gasteiger partial charge on any atom is -0.481 e. The lowest BCUT2D eigenvalue weighted by atomic mass is 9.97. The first-order valence-corrected chi connectivity index (χ1v) is 7.42. The van der Waals surface area contributed by atoms with Gasteiger partial charge in [0.1, 0.15) is 0 Å². The summed E-state index contributed by atoms with van der Waals surface area (Å²) in [6, 6.07) is 7.90. The fourth-order valence-electron chi connectivity index (χ4n) is 2.82. The maximum Gasteiger partial charge on any atom is 0.317 e. The van der Waals surface area contributed by atoms with E-state index in [0.717, 1.165) is 30.6 Å². The standard InChI is InChI=1S/C16H22N2O4/c1-17(11-15(19)20)9-12-4-6-14(7-5-12)18-8-2-3-13(10-18)16(21)22/h4-7,13H,2-3,8-11H2,1H3,(H,19,20)(H,21,22). The molecule has 0 amide bonds. The van der Waals surface area contributed by atoms with Crippen LogP contribution in [-0.2, 0) is 16.1 Å². The van der Waals surface area contributed by atoms with Crippen molar-refractivity contribution in [3.8, 4) is 0 Å². The number of nitrogens with zero attached hydrogens (tertiary/aromatic N) is 2. The summed E-state index contributed by atoms with van der Waals surface area (Å²) in [5.74, 6) is -1.86. The van der Waals surface area contributed by atoms with Gasteiger partial charge >= 0.3 is 11.9 Å². The number of rotatable bonds is 6. The van der Waals surface area contributed by atoms with E-state index in [1.165, 1.54) is 0 Å². The molecular formula is C16H22N2O4. The Balaban J connectivity index is 1.96. The molecule has 0 saturated carbocycles. The van der Waals surface area contributed by atoms with Gasteiger partial charge in [0.15, 0.2) is 0 Å². The Bertz CT molecular complexity index is 529. The summed E-state index contributed by atoms with van der Waals surface area (Å²) in [6.45, 7) is 2.01. The monoisotopic (exact) mass is 306 g/mol. The van der Waals surface area contributed by atoms with Crippen molar-refractivity contribution >= 4 is 17.6 Å². The van der Waals surface area contributed by atoms with Crippen LogP contribution in [0.25, 0.3) is 0 Å². The third-order valence-electron chi connectivity index (χ3n) is 3.93. The van der Waals surface area contributed by atoms with E-state index in [-0.39, 0.29) is 12.5 Å². The van der Waals surface area contributed by atoms with E-state index in [1.807, 2.05) is 24.3 Å². The number of carboxylic acid groups (broad SMARTS) is 2. The number of aliphatic carboxylic acids is 2. The predicted octanol–water partition coefficient (Wildman–Crippen LogP) is 1.50. The van der Waals surface area contributed by atoms with E-state index in [2.05, 4.69) is 4.90 Å². The zero-order chi connectivity index (χ0) is 16.1. The smallest absolute Gasteiger partial charge is 0.317 e. The number of piperidine rings is 1. The molecule has 1 atom stereocenters. The van der Waals surface area contributed by atoms with Crippen molar-refractivity contribution in [2.45, 2.75) is 19.4 Å². The molecule has 0 aromatic heterocycles. The zero-order valence-electron chi connectivity index (χ0n) is 12.7. The first-order valence-electron chi connectivity index (χ1n) is 7.42. The fraction of sp³-hybridized carbons (Fsp3) is 0.500. The highest BCUT2D eigenvalue weighted by molar-refractivity contribution is 5.71. The maximum atomic E-state index is 11.1. The molecule has 1 heterocycles. The highest BCUT2D eigenvalue weighted by Crippen LogP contribution is 2.23. The summed E-state index contributed by atoms with van der Waals surface area (Å²) >= 11 is 0. The quantitative estimate of drug-likeness (QED) is 0.829. The van der Waals surface area contributed by atoms with Crippen LogP contribution in [0.5, 0.6) is 0 Å². The number of benzene rings is 1. The number of anilines is 1. The molecule has 0 bridgehead atoms. The van der Waals surface area contributed by atoms with Crippen LogP contribution in [-0.4, -0.2) is 53.7 Å². The van der Waals surface area contributed by atoms with Gasteiger partial charge in [0.05, 0.1) is 12.5 Å². The van der Waals surface area contributed by atoms with Gasteiger partial charge in [0.2, 0.25) is 0 Å². The molecule has 1 saturated heterocycles. The molecule has 0 radical (unpaired) electrons. The van der Waals surface area contributed by atoms with Gasteiger partial charge in [0.25, 0.3) is 0 Å². The Morgan fingerprint density at radius 3 is 2.55 bits per heavy atom. The summed E-state index contributed by atoms with van der Waals surface area (Å²) in [7, 11) is 1.77. The summed E-state index contributed by atoms with van der Waals surface area (Å²) in [4.78, 5) is 25.6. The van der Waals surface area contributed by atoms with Gasteiger partial charge in [-0.25, -0.2) is 0 Å². The van der Waals surface area contributed by atoms with Crippen LogP contribution >= 0.6 is 0 Å². The Morgan fingerprint density at radius 2 is 1.95 bits per heavy atom. The summed E-state index contributed by atoms with van der Waals surface area (Å²) in [6.07, 6.45) is 1.63. The first-order chi connectivity index (χ1) is 10.5. The Labute approximate surface area is 130 Å². The molecular weight excluding hydrogens is 284 g/mol. The van der Waals surface area contributed by atoms with Crippen LogP contribution in [0.1, 0.15) is 18.4 Å². The molecule has 2 N–H and O–H groups in total. The van der Waals surface area contributed by atoms with Crippen molar-refractivity contribution in [2.75, 3.05) is 31.6 Å². The predicted molar refractivity (Wildman–Crippen MR) is 83.0 cm³/mol. The van der Waals surface area contributed by atoms with Crippen molar-refractivity contribution in [1.29, 1.82) is 0 Å². The van der Waals surface area contributed by atoms with Gasteiger partial charge < -0.3 is 15.1 Å². The van der Waals surface area contributed by atoms with Crippen LogP contribution in [0.4, 0.5) is 5.69 Å². The van der Waals surface area contributed by atoms with Crippen LogP contribution in [0, 0.1) is 5.92 Å². The molecule has 6 nitrogen and oxygen atoms in total. The second kappa shape index (κ2) is 7.26. The molecule has 2 rings (SSSR count). The van der Waals surface area contributed by atoms with Crippen molar-refractivity contribution < 1.29 is 19.8 Å². The molecule has 1 aromatic carbocycles. The Hall–Kier alpha value is -2.08. The summed E-state index contributed by atoms with van der Waals surface area (Å²) < 4.78 is 0. The number of hydrogen-bond acceptors (Lipinski definition) is 4. The van der Waals surface area contributed by atoms with E-state index < -0.39 is 11.9 Å². The molecule has 1 aliphatic rings. The average Bonchev–Trinajstić information content (AvgIpc) is 2.47. The molecule has 1 aliphatic heterocycles. The van der Waals surface area contributed by atoms with Gasteiger partial charge in [-0.3, -0.25) is 14.5 Å². The summed E-state index contributed by atoms with van der Waals surface area (Å²) in [5.41, 5.74) is 2.06. The second-order valence-electron chi connectivity index (χ2n) is 5.86. The van der Waals surface area contributed by atoms with Crippen molar-refractivity contribution in [2.24, 2.45) is 5.92 Å². The van der Waals surface area contributed by atoms with E-state index >= 15 is 0 Å². The maximum absolute atomic E-state index is 11.1. The zero-order valence-corrected chi connectivity index (χ0v) is 12.7. The number of carboxylic acids is 2. The van der Waals surface area contributed by atoms with Crippen LogP contribution in [0.3, 0.4) is 0 Å². The Kier molecular flexibility index (Phi) is 5.38. The van der Waals surface area contributed by atoms with Gasteiger partial charge in [-0.1, -0.05) is 12.1 Å². The molecule has 1 unspecified atom stereocenters. The number of carbonyl (C=O) groups is 2. The lowest BCUT2D eigenvalue weighted by Crippen LogP contribution is -2.38.